The maximum absolute atomic E-state index is 12.3. The fourth-order valence-electron chi connectivity index (χ4n) is 2.77. The van der Waals surface area contributed by atoms with Crippen LogP contribution in [0, 0.1) is 11.3 Å². The van der Waals surface area contributed by atoms with E-state index in [0.29, 0.717) is 29.6 Å². The van der Waals surface area contributed by atoms with Gasteiger partial charge in [0.05, 0.1) is 25.4 Å². The molecule has 0 spiro atoms. The summed E-state index contributed by atoms with van der Waals surface area (Å²) in [5, 5.41) is 20.8. The lowest BCUT2D eigenvalue weighted by atomic mass is 10.1. The molecule has 0 aliphatic heterocycles. The minimum Gasteiger partial charge on any atom is -0.497 e. The first-order valence-electron chi connectivity index (χ1n) is 9.21. The van der Waals surface area contributed by atoms with Gasteiger partial charge in [0.25, 0.3) is 0 Å². The van der Waals surface area contributed by atoms with E-state index in [1.165, 1.54) is 11.8 Å². The first-order valence-corrected chi connectivity index (χ1v) is 10.2. The number of hydrogen-bond acceptors (Lipinski definition) is 6. The predicted octanol–water partition coefficient (Wildman–Crippen LogP) is 3.94. The van der Waals surface area contributed by atoms with Gasteiger partial charge in [-0.05, 0) is 42.0 Å². The lowest BCUT2D eigenvalue weighted by molar-refractivity contribution is -0.113. The van der Waals surface area contributed by atoms with Crippen molar-refractivity contribution < 1.29 is 9.53 Å². The van der Waals surface area contributed by atoms with Crippen molar-refractivity contribution in [2.75, 3.05) is 18.2 Å². The minimum atomic E-state index is -0.146. The maximum atomic E-state index is 12.3. The number of amides is 1. The molecule has 30 heavy (non-hydrogen) atoms. The number of carbonyl (C=O) groups is 1. The number of nitrogens with one attached hydrogen (secondary N) is 1. The Morgan fingerprint density at radius 1 is 1.23 bits per heavy atom. The number of nitriles is 1. The molecular formula is C22H21N5O2S. The Morgan fingerprint density at radius 2 is 1.97 bits per heavy atom. The summed E-state index contributed by atoms with van der Waals surface area (Å²) >= 11 is 1.31. The van der Waals surface area contributed by atoms with E-state index in [0.717, 1.165) is 16.9 Å². The van der Waals surface area contributed by atoms with Crippen LogP contribution < -0.4 is 10.1 Å². The summed E-state index contributed by atoms with van der Waals surface area (Å²) < 4.78 is 7.12. The summed E-state index contributed by atoms with van der Waals surface area (Å²) in [6.07, 6.45) is 2.11. The number of benzene rings is 2. The Kier molecular flexibility index (Phi) is 7.24. The molecule has 0 saturated heterocycles. The summed E-state index contributed by atoms with van der Waals surface area (Å²) in [4.78, 5) is 12.3. The lowest BCUT2D eigenvalue weighted by Crippen LogP contribution is -2.14. The molecule has 1 amide bonds. The van der Waals surface area contributed by atoms with E-state index >= 15 is 0 Å². The highest BCUT2D eigenvalue weighted by atomic mass is 32.2. The molecule has 0 aliphatic carbocycles. The van der Waals surface area contributed by atoms with Crippen LogP contribution in [0.2, 0.25) is 0 Å². The second-order valence-corrected chi connectivity index (χ2v) is 7.25. The van der Waals surface area contributed by atoms with Crippen molar-refractivity contribution in [3.8, 4) is 23.2 Å². The summed E-state index contributed by atoms with van der Waals surface area (Å²) in [7, 11) is 1.62. The number of anilines is 1. The van der Waals surface area contributed by atoms with Gasteiger partial charge in [-0.1, -0.05) is 30.0 Å². The zero-order valence-electron chi connectivity index (χ0n) is 16.5. The Balaban J connectivity index is 1.67. The molecule has 1 N–H and O–H groups in total. The van der Waals surface area contributed by atoms with Crippen molar-refractivity contribution >= 4 is 23.4 Å². The van der Waals surface area contributed by atoms with Crippen LogP contribution in [0.4, 0.5) is 5.69 Å². The molecule has 152 valence electrons. The topological polar surface area (TPSA) is 92.8 Å². The SMILES string of the molecule is C=CCn1c(SCC(=O)Nc2ccc(CC#N)cc2)nnc1-c1ccc(OC)cc1. The fourth-order valence-corrected chi connectivity index (χ4v) is 3.51. The monoisotopic (exact) mass is 419 g/mol. The lowest BCUT2D eigenvalue weighted by Gasteiger charge is -2.09. The minimum absolute atomic E-state index is 0.146. The zero-order chi connectivity index (χ0) is 21.3. The summed E-state index contributed by atoms with van der Waals surface area (Å²) in [6.45, 7) is 4.33. The Bertz CT molecular complexity index is 1050. The zero-order valence-corrected chi connectivity index (χ0v) is 17.4. The molecule has 0 unspecified atom stereocenters. The van der Waals surface area contributed by atoms with Crippen LogP contribution >= 0.6 is 11.8 Å². The normalized spacial score (nSPS) is 10.3. The van der Waals surface area contributed by atoms with Gasteiger partial charge in [0.2, 0.25) is 5.91 Å². The maximum Gasteiger partial charge on any atom is 0.234 e. The van der Waals surface area contributed by atoms with Gasteiger partial charge in [0.15, 0.2) is 11.0 Å². The van der Waals surface area contributed by atoms with Crippen LogP contribution in [0.1, 0.15) is 5.56 Å². The molecule has 0 saturated carbocycles. The third-order valence-electron chi connectivity index (χ3n) is 4.23. The number of allylic oxidation sites excluding steroid dienone is 1. The van der Waals surface area contributed by atoms with Crippen LogP contribution in [0.25, 0.3) is 11.4 Å². The third-order valence-corrected chi connectivity index (χ3v) is 5.20. The number of thioether (sulfide) groups is 1. The highest BCUT2D eigenvalue weighted by Gasteiger charge is 2.15. The molecule has 7 nitrogen and oxygen atoms in total. The van der Waals surface area contributed by atoms with Crippen molar-refractivity contribution in [1.82, 2.24) is 14.8 Å². The highest BCUT2D eigenvalue weighted by molar-refractivity contribution is 7.99. The van der Waals surface area contributed by atoms with Gasteiger partial charge < -0.3 is 10.1 Å². The molecule has 0 aliphatic rings. The fraction of sp³-hybridized carbons (Fsp3) is 0.182. The first kappa shape index (κ1) is 21.1. The second kappa shape index (κ2) is 10.3. The van der Waals surface area contributed by atoms with Crippen molar-refractivity contribution in [2.45, 2.75) is 18.1 Å². The predicted molar refractivity (Wildman–Crippen MR) is 117 cm³/mol. The average Bonchev–Trinajstić information content (AvgIpc) is 3.17. The Labute approximate surface area is 179 Å². The van der Waals surface area contributed by atoms with Crippen LogP contribution in [0.3, 0.4) is 0 Å². The third kappa shape index (κ3) is 5.27. The summed E-state index contributed by atoms with van der Waals surface area (Å²) in [6, 6.07) is 16.9. The molecule has 0 fully saturated rings. The highest BCUT2D eigenvalue weighted by Crippen LogP contribution is 2.26. The van der Waals surface area contributed by atoms with E-state index in [-0.39, 0.29) is 11.7 Å². The Morgan fingerprint density at radius 3 is 2.60 bits per heavy atom. The average molecular weight is 420 g/mol. The van der Waals surface area contributed by atoms with Crippen molar-refractivity contribution in [2.24, 2.45) is 0 Å². The number of nitrogens with zero attached hydrogens (tertiary/aromatic N) is 4. The Hall–Kier alpha value is -3.57. The van der Waals surface area contributed by atoms with Gasteiger partial charge in [-0.15, -0.1) is 16.8 Å². The standard InChI is InChI=1S/C22H21N5O2S/c1-3-14-27-21(17-6-10-19(29-2)11-7-17)25-26-22(27)30-15-20(28)24-18-8-4-16(5-9-18)12-13-23/h3-11H,1,12,14-15H2,2H3,(H,24,28). The van der Waals surface area contributed by atoms with Crippen molar-refractivity contribution in [3.63, 3.8) is 0 Å². The van der Waals surface area contributed by atoms with E-state index < -0.39 is 0 Å². The molecular weight excluding hydrogens is 398 g/mol. The summed E-state index contributed by atoms with van der Waals surface area (Å²) in [5.74, 6) is 1.51. The molecule has 1 heterocycles. The number of aromatic nitrogens is 3. The summed E-state index contributed by atoms with van der Waals surface area (Å²) in [5.41, 5.74) is 2.50. The quantitative estimate of drug-likeness (QED) is 0.417. The van der Waals surface area contributed by atoms with Crippen LogP contribution in [-0.4, -0.2) is 33.5 Å². The first-order chi connectivity index (χ1) is 14.6. The largest absolute Gasteiger partial charge is 0.497 e. The molecule has 0 bridgehead atoms. The van der Waals surface area contributed by atoms with Gasteiger partial charge in [0, 0.05) is 17.8 Å². The number of hydrogen-bond donors (Lipinski definition) is 1. The van der Waals surface area contributed by atoms with E-state index in [9.17, 15) is 4.79 Å². The van der Waals surface area contributed by atoms with Crippen molar-refractivity contribution in [1.29, 1.82) is 5.26 Å². The molecule has 8 heteroatoms. The van der Waals surface area contributed by atoms with E-state index in [4.69, 9.17) is 10.00 Å². The molecule has 3 rings (SSSR count). The number of carbonyl (C=O) groups excluding carboxylic acids is 1. The van der Waals surface area contributed by atoms with Gasteiger partial charge in [-0.3, -0.25) is 9.36 Å². The number of ether oxygens (including phenoxy) is 1. The van der Waals surface area contributed by atoms with Gasteiger partial charge >= 0.3 is 0 Å². The number of rotatable bonds is 9. The van der Waals surface area contributed by atoms with Gasteiger partial charge in [-0.2, -0.15) is 5.26 Å². The van der Waals surface area contributed by atoms with E-state index in [1.807, 2.05) is 41.0 Å². The smallest absolute Gasteiger partial charge is 0.234 e. The van der Waals surface area contributed by atoms with Crippen LogP contribution in [-0.2, 0) is 17.8 Å². The second-order valence-electron chi connectivity index (χ2n) is 6.30. The molecule has 1 aromatic heterocycles. The molecule has 3 aromatic rings. The van der Waals surface area contributed by atoms with Crippen LogP contribution in [0.5, 0.6) is 5.75 Å². The van der Waals surface area contributed by atoms with E-state index in [2.05, 4.69) is 28.2 Å². The molecule has 2 aromatic carbocycles. The van der Waals surface area contributed by atoms with Gasteiger partial charge in [0.1, 0.15) is 5.75 Å². The van der Waals surface area contributed by atoms with Gasteiger partial charge in [-0.25, -0.2) is 0 Å². The van der Waals surface area contributed by atoms with Crippen LogP contribution in [0.15, 0.2) is 66.3 Å². The van der Waals surface area contributed by atoms with Crippen molar-refractivity contribution in [3.05, 3.63) is 66.7 Å². The molecule has 0 atom stereocenters. The van der Waals surface area contributed by atoms with E-state index in [1.54, 1.807) is 25.3 Å². The molecule has 0 radical (unpaired) electrons. The number of methoxy groups -OCH3 is 1.